The summed E-state index contributed by atoms with van der Waals surface area (Å²) >= 11 is 0. The molecule has 0 aliphatic heterocycles. The molecule has 6 heteroatoms. The summed E-state index contributed by atoms with van der Waals surface area (Å²) in [5, 5.41) is 11.1. The number of nitrogen functional groups attached to an aromatic ring is 2. The molecule has 94 valence electrons. The number of hydrogen-bond acceptors (Lipinski definition) is 5. The minimum Gasteiger partial charge on any atom is -0.399 e. The Balaban J connectivity index is 2.41. The number of nitrogens with two attached hydrogens (primary N) is 2. The Bertz CT molecular complexity index is 362. The molecule has 0 fully saturated rings. The smallest absolute Gasteiger partial charge is 0.251 e. The van der Waals surface area contributed by atoms with E-state index in [0.29, 0.717) is 30.1 Å². The highest BCUT2D eigenvalue weighted by molar-refractivity contribution is 5.96. The lowest BCUT2D eigenvalue weighted by Gasteiger charge is -2.07. The SMILES string of the molecule is Nc1cc(N)cc(C(=O)NCCOCCO)c1. The third-order valence-electron chi connectivity index (χ3n) is 2.01. The van der Waals surface area contributed by atoms with Crippen LogP contribution in [0.2, 0.25) is 0 Å². The molecule has 0 saturated carbocycles. The van der Waals surface area contributed by atoms with Crippen LogP contribution in [0, 0.1) is 0 Å². The summed E-state index contributed by atoms with van der Waals surface area (Å²) in [4.78, 5) is 11.7. The normalized spacial score (nSPS) is 10.2. The average molecular weight is 239 g/mol. The van der Waals surface area contributed by atoms with Crippen LogP contribution >= 0.6 is 0 Å². The quantitative estimate of drug-likeness (QED) is 0.398. The molecule has 6 N–H and O–H groups in total. The number of hydrogen-bond donors (Lipinski definition) is 4. The topological polar surface area (TPSA) is 111 Å². The van der Waals surface area contributed by atoms with E-state index in [1.807, 2.05) is 0 Å². The van der Waals surface area contributed by atoms with Gasteiger partial charge in [-0.1, -0.05) is 0 Å². The fourth-order valence-electron chi connectivity index (χ4n) is 1.31. The fraction of sp³-hybridized carbons (Fsp3) is 0.364. The predicted molar refractivity (Wildman–Crippen MR) is 65.5 cm³/mol. The van der Waals surface area contributed by atoms with Crippen molar-refractivity contribution in [3.8, 4) is 0 Å². The first kappa shape index (κ1) is 13.3. The van der Waals surface area contributed by atoms with Gasteiger partial charge in [0.15, 0.2) is 0 Å². The van der Waals surface area contributed by atoms with Crippen LogP contribution < -0.4 is 16.8 Å². The number of anilines is 2. The number of carbonyl (C=O) groups is 1. The number of nitrogens with one attached hydrogen (secondary N) is 1. The van der Waals surface area contributed by atoms with Crippen molar-refractivity contribution in [3.05, 3.63) is 23.8 Å². The largest absolute Gasteiger partial charge is 0.399 e. The number of aliphatic hydroxyl groups is 1. The molecule has 0 aliphatic carbocycles. The van der Waals surface area contributed by atoms with E-state index in [1.165, 1.54) is 0 Å². The first-order valence-corrected chi connectivity index (χ1v) is 5.26. The van der Waals surface area contributed by atoms with Crippen molar-refractivity contribution in [2.75, 3.05) is 37.8 Å². The van der Waals surface area contributed by atoms with Crippen LogP contribution in [0.3, 0.4) is 0 Å². The van der Waals surface area contributed by atoms with Gasteiger partial charge in [0.2, 0.25) is 0 Å². The van der Waals surface area contributed by atoms with Crippen molar-refractivity contribution in [1.29, 1.82) is 0 Å². The maximum atomic E-state index is 11.7. The van der Waals surface area contributed by atoms with E-state index < -0.39 is 0 Å². The molecule has 0 aromatic heterocycles. The van der Waals surface area contributed by atoms with Crippen molar-refractivity contribution in [1.82, 2.24) is 5.32 Å². The second kappa shape index (κ2) is 6.72. The summed E-state index contributed by atoms with van der Waals surface area (Å²) in [6, 6.07) is 4.70. The van der Waals surface area contributed by atoms with Gasteiger partial charge in [0, 0.05) is 23.5 Å². The lowest BCUT2D eigenvalue weighted by atomic mass is 10.1. The van der Waals surface area contributed by atoms with Crippen LogP contribution in [0.15, 0.2) is 18.2 Å². The van der Waals surface area contributed by atoms with E-state index in [9.17, 15) is 4.79 Å². The van der Waals surface area contributed by atoms with Crippen LogP contribution in [-0.4, -0.2) is 37.4 Å². The molecular weight excluding hydrogens is 222 g/mol. The predicted octanol–water partition coefficient (Wildman–Crippen LogP) is -0.410. The minimum absolute atomic E-state index is 0.0281. The Hall–Kier alpha value is -1.79. The summed E-state index contributed by atoms with van der Waals surface area (Å²) < 4.78 is 5.00. The Labute approximate surface area is 99.6 Å². The number of rotatable bonds is 6. The highest BCUT2D eigenvalue weighted by Gasteiger charge is 2.06. The van der Waals surface area contributed by atoms with Gasteiger partial charge in [-0.05, 0) is 18.2 Å². The van der Waals surface area contributed by atoms with E-state index in [1.54, 1.807) is 18.2 Å². The summed E-state index contributed by atoms with van der Waals surface area (Å²) in [5.41, 5.74) is 12.5. The summed E-state index contributed by atoms with van der Waals surface area (Å²) in [5.74, 6) is -0.253. The zero-order chi connectivity index (χ0) is 12.7. The molecule has 1 aromatic rings. The second-order valence-corrected chi connectivity index (χ2v) is 3.48. The van der Waals surface area contributed by atoms with Gasteiger partial charge in [0.1, 0.15) is 0 Å². The Morgan fingerprint density at radius 3 is 2.47 bits per heavy atom. The molecule has 1 amide bonds. The van der Waals surface area contributed by atoms with E-state index in [2.05, 4.69) is 5.32 Å². The van der Waals surface area contributed by atoms with Crippen molar-refractivity contribution >= 4 is 17.3 Å². The molecule has 17 heavy (non-hydrogen) atoms. The minimum atomic E-state index is -0.253. The molecule has 0 unspecified atom stereocenters. The first-order valence-electron chi connectivity index (χ1n) is 5.26. The average Bonchev–Trinajstić information content (AvgIpc) is 2.27. The third-order valence-corrected chi connectivity index (χ3v) is 2.01. The van der Waals surface area contributed by atoms with Gasteiger partial charge >= 0.3 is 0 Å². The maximum Gasteiger partial charge on any atom is 0.251 e. The molecule has 1 rings (SSSR count). The Morgan fingerprint density at radius 2 is 1.88 bits per heavy atom. The van der Waals surface area contributed by atoms with Gasteiger partial charge in [-0.2, -0.15) is 0 Å². The Morgan fingerprint density at radius 1 is 1.24 bits per heavy atom. The van der Waals surface area contributed by atoms with Gasteiger partial charge < -0.3 is 26.6 Å². The second-order valence-electron chi connectivity index (χ2n) is 3.48. The van der Waals surface area contributed by atoms with Crippen molar-refractivity contribution in [2.24, 2.45) is 0 Å². The van der Waals surface area contributed by atoms with E-state index >= 15 is 0 Å². The third kappa shape index (κ3) is 4.71. The molecular formula is C11H17N3O3. The number of amides is 1. The summed E-state index contributed by atoms with van der Waals surface area (Å²) in [7, 11) is 0. The standard InChI is InChI=1S/C11H17N3O3/c12-9-5-8(6-10(13)7-9)11(16)14-1-3-17-4-2-15/h5-7,15H,1-4,12-13H2,(H,14,16). The maximum absolute atomic E-state index is 11.7. The number of carbonyl (C=O) groups excluding carboxylic acids is 1. The molecule has 0 spiro atoms. The van der Waals surface area contributed by atoms with Crippen molar-refractivity contribution in [2.45, 2.75) is 0 Å². The van der Waals surface area contributed by atoms with Crippen LogP contribution in [0.25, 0.3) is 0 Å². The fourth-order valence-corrected chi connectivity index (χ4v) is 1.31. The van der Waals surface area contributed by atoms with E-state index in [4.69, 9.17) is 21.3 Å². The summed E-state index contributed by atoms with van der Waals surface area (Å²) in [6.45, 7) is 0.957. The van der Waals surface area contributed by atoms with Crippen LogP contribution in [0.4, 0.5) is 11.4 Å². The van der Waals surface area contributed by atoms with Gasteiger partial charge in [0.05, 0.1) is 19.8 Å². The lowest BCUT2D eigenvalue weighted by molar-refractivity contribution is 0.0838. The summed E-state index contributed by atoms with van der Waals surface area (Å²) in [6.07, 6.45) is 0. The van der Waals surface area contributed by atoms with Crippen molar-refractivity contribution in [3.63, 3.8) is 0 Å². The monoisotopic (exact) mass is 239 g/mol. The highest BCUT2D eigenvalue weighted by Crippen LogP contribution is 2.13. The zero-order valence-corrected chi connectivity index (χ0v) is 9.48. The number of aliphatic hydroxyl groups excluding tert-OH is 1. The van der Waals surface area contributed by atoms with Gasteiger partial charge in [0.25, 0.3) is 5.91 Å². The molecule has 0 saturated heterocycles. The molecule has 0 bridgehead atoms. The van der Waals surface area contributed by atoms with Crippen LogP contribution in [0.1, 0.15) is 10.4 Å². The number of ether oxygens (including phenoxy) is 1. The van der Waals surface area contributed by atoms with Gasteiger partial charge in [-0.15, -0.1) is 0 Å². The van der Waals surface area contributed by atoms with Gasteiger partial charge in [-0.25, -0.2) is 0 Å². The van der Waals surface area contributed by atoms with Crippen molar-refractivity contribution < 1.29 is 14.6 Å². The van der Waals surface area contributed by atoms with E-state index in [0.717, 1.165) is 0 Å². The molecule has 0 radical (unpaired) electrons. The highest BCUT2D eigenvalue weighted by atomic mass is 16.5. The molecule has 0 atom stereocenters. The molecule has 0 aliphatic rings. The molecule has 0 heterocycles. The van der Waals surface area contributed by atoms with Gasteiger partial charge in [-0.3, -0.25) is 4.79 Å². The van der Waals surface area contributed by atoms with Crippen LogP contribution in [-0.2, 0) is 4.74 Å². The lowest BCUT2D eigenvalue weighted by Crippen LogP contribution is -2.27. The Kier molecular flexibility index (Phi) is 5.25. The van der Waals surface area contributed by atoms with Crippen LogP contribution in [0.5, 0.6) is 0 Å². The molecule has 6 nitrogen and oxygen atoms in total. The van der Waals surface area contributed by atoms with E-state index in [-0.39, 0.29) is 19.1 Å². The molecule has 1 aromatic carbocycles. The number of benzene rings is 1. The zero-order valence-electron chi connectivity index (χ0n) is 9.48. The first-order chi connectivity index (χ1) is 8.13.